The summed E-state index contributed by atoms with van der Waals surface area (Å²) in [6, 6.07) is 170. The summed E-state index contributed by atoms with van der Waals surface area (Å²) in [5, 5.41) is 32.5. The highest BCUT2D eigenvalue weighted by Crippen LogP contribution is 2.49. The molecule has 0 aliphatic carbocycles. The number of benzene rings is 24. The van der Waals surface area contributed by atoms with Gasteiger partial charge in [-0.1, -0.05) is 340 Å². The van der Waals surface area contributed by atoms with Gasteiger partial charge in [0.15, 0.2) is 23.3 Å². The van der Waals surface area contributed by atoms with Crippen LogP contribution in [0.5, 0.6) is 0 Å². The first kappa shape index (κ1) is 81.4. The van der Waals surface area contributed by atoms with Crippen LogP contribution >= 0.6 is 11.3 Å². The van der Waals surface area contributed by atoms with E-state index in [0.29, 0.717) is 35.2 Å². The number of thiophene rings is 1. The molecule has 0 aliphatic rings. The third-order valence-corrected chi connectivity index (χ3v) is 31.5. The molecule has 0 saturated heterocycles. The highest BCUT2D eigenvalue weighted by molar-refractivity contribution is 7.26. The molecule has 24 aromatic carbocycles. The summed E-state index contributed by atoms with van der Waals surface area (Å²) in [5.41, 5.74) is 21.3. The van der Waals surface area contributed by atoms with E-state index in [1.54, 1.807) is 0 Å². The molecule has 32 rings (SSSR count). The lowest BCUT2D eigenvalue weighted by Crippen LogP contribution is -2.07. The fourth-order valence-electron chi connectivity index (χ4n) is 23.7. The fourth-order valence-corrected chi connectivity index (χ4v) is 24.9. The fraction of sp³-hybridized carbons (Fsp3) is 0. The molecule has 0 unspecified atom stereocenters. The van der Waals surface area contributed by atoms with E-state index in [4.69, 9.17) is 34.3 Å². The number of rotatable bonds is 10. The molecule has 146 heavy (non-hydrogen) atoms. The van der Waals surface area contributed by atoms with E-state index in [-0.39, 0.29) is 0 Å². The van der Waals surface area contributed by atoms with Crippen LogP contribution in [0.2, 0.25) is 0 Å². The van der Waals surface area contributed by atoms with Crippen LogP contribution in [-0.4, -0.2) is 48.2 Å². The van der Waals surface area contributed by atoms with Gasteiger partial charge in [0.25, 0.3) is 0 Å². The Morgan fingerprint density at radius 1 is 0.171 bits per heavy atom. The van der Waals surface area contributed by atoms with Crippen LogP contribution < -0.4 is 0 Å². The molecule has 676 valence electrons. The number of furan rings is 1. The summed E-state index contributed by atoms with van der Waals surface area (Å²) in [6.07, 6.45) is 0. The second-order valence-corrected chi connectivity index (χ2v) is 39.2. The summed E-state index contributed by atoms with van der Waals surface area (Å²) in [5.74, 6) is 3.61. The second-order valence-electron chi connectivity index (χ2n) is 38.2. The zero-order chi connectivity index (χ0) is 95.5. The first-order valence-electron chi connectivity index (χ1n) is 49.5. The maximum atomic E-state index is 6.23. The van der Waals surface area contributed by atoms with Crippen LogP contribution in [0.4, 0.5) is 0 Å². The molecule has 8 heterocycles. The molecule has 0 fully saturated rings. The summed E-state index contributed by atoms with van der Waals surface area (Å²) in [7, 11) is 0. The van der Waals surface area contributed by atoms with Gasteiger partial charge in [-0.2, -0.15) is 19.9 Å². The van der Waals surface area contributed by atoms with Gasteiger partial charge in [0, 0.05) is 97.3 Å². The Balaban J connectivity index is 0.000000133. The molecule has 32 aromatic rings. The standard InChI is InChI=1S/C67H39N5O.C67H39N5S/c1-3-17-45-42(15-1)37-57(49-21-7-5-19-47(45)49)65-68-66(58-38-43-16-2-4-18-46(43)48-20-6-8-22-50(48)58)70-67(69-65)72-60-27-13-10-24-52(60)55-36-41(30-33-62(55)72)40-29-32-61-54(35-40)51-23-9-12-26-59(51)71(61)44-31-34-64-56(39-44)53-25-11-14-28-63(53)73-64;1-3-18-44-42(16-1)38-56(48-22-7-5-20-46(44)48)65-68-66(57-39-43-17-2-4-19-45(43)47-21-6-8-23-49(47)57)70-67(69-65)72-59-29-13-10-25-51(59)55-37-41(33-35-61(55)72)40-32-34-60-54(36-40)50-24-9-12-28-58(50)71(60)62-30-15-27-53-52-26-11-14-31-63(52)73-64(53)62/h2*1-39H. The van der Waals surface area contributed by atoms with Gasteiger partial charge >= 0.3 is 0 Å². The Bertz CT molecular complexity index is 11000. The van der Waals surface area contributed by atoms with Crippen molar-refractivity contribution < 1.29 is 4.42 Å². The lowest BCUT2D eigenvalue weighted by atomic mass is 9.96. The SMILES string of the molecule is c1ccc2c(c1)cc(-c1nc(-c3cc4ccccc4c4ccccc34)nc(-n3c4ccccc4c4cc(-c5ccc6c(c5)c5ccccc5n6-c5ccc6oc7ccccc7c6c5)ccc43)n1)c1ccccc12.c1ccc2c(c1)cc(-c1nc(-c3cc4ccccc4c4ccccc34)nc(-n3c4ccccc4c4cc(-c5ccc6c(c5)c5ccccc5n6-c5cccc6c5sc5ccccc56)ccc43)n1)c1ccccc12. The molecule has 0 bridgehead atoms. The third kappa shape index (κ3) is 12.5. The normalized spacial score (nSPS) is 12.1. The highest BCUT2D eigenvalue weighted by atomic mass is 32.1. The van der Waals surface area contributed by atoms with Crippen molar-refractivity contribution in [3.05, 3.63) is 473 Å². The summed E-state index contributed by atoms with van der Waals surface area (Å²) in [4.78, 5) is 33.0. The minimum Gasteiger partial charge on any atom is -0.456 e. The molecule has 0 spiro atoms. The van der Waals surface area contributed by atoms with Gasteiger partial charge < -0.3 is 13.6 Å². The van der Waals surface area contributed by atoms with Gasteiger partial charge in [-0.25, -0.2) is 9.97 Å². The van der Waals surface area contributed by atoms with E-state index >= 15 is 0 Å². The lowest BCUT2D eigenvalue weighted by Gasteiger charge is -2.15. The Morgan fingerprint density at radius 2 is 0.459 bits per heavy atom. The molecule has 11 nitrogen and oxygen atoms in total. The molecule has 0 N–H and O–H groups in total. The van der Waals surface area contributed by atoms with Crippen molar-refractivity contribution in [2.75, 3.05) is 0 Å². The molecule has 0 aliphatic heterocycles. The Kier molecular flexibility index (Phi) is 17.9. The van der Waals surface area contributed by atoms with Crippen molar-refractivity contribution in [2.24, 2.45) is 0 Å². The summed E-state index contributed by atoms with van der Waals surface area (Å²) in [6.45, 7) is 0. The Hall–Kier alpha value is -19.4. The molecular formula is C134H78N10OS. The topological polar surface area (TPSA) is 110 Å². The number of nitrogens with zero attached hydrogens (tertiary/aromatic N) is 10. The maximum absolute atomic E-state index is 6.23. The molecule has 0 atom stereocenters. The van der Waals surface area contributed by atoms with Crippen molar-refractivity contribution in [3.8, 4) is 91.1 Å². The van der Waals surface area contributed by atoms with Crippen molar-refractivity contribution >= 4 is 227 Å². The van der Waals surface area contributed by atoms with Crippen molar-refractivity contribution in [1.29, 1.82) is 0 Å². The molecular weight excluding hydrogens is 1800 g/mol. The number of hydrogen-bond acceptors (Lipinski definition) is 8. The molecule has 8 aromatic heterocycles. The van der Waals surface area contributed by atoms with Crippen LogP contribution in [0.3, 0.4) is 0 Å². The van der Waals surface area contributed by atoms with Crippen LogP contribution in [0.25, 0.3) is 307 Å². The predicted octanol–water partition coefficient (Wildman–Crippen LogP) is 35.6. The quantitative estimate of drug-likeness (QED) is 0.125. The van der Waals surface area contributed by atoms with Crippen molar-refractivity contribution in [1.82, 2.24) is 48.2 Å². The van der Waals surface area contributed by atoms with Crippen LogP contribution in [0.1, 0.15) is 0 Å². The Morgan fingerprint density at radius 3 is 0.856 bits per heavy atom. The number of hydrogen-bond donors (Lipinski definition) is 0. The smallest absolute Gasteiger partial charge is 0.238 e. The van der Waals surface area contributed by atoms with Gasteiger partial charge in [0.1, 0.15) is 11.2 Å². The lowest BCUT2D eigenvalue weighted by molar-refractivity contribution is 0.669. The second kappa shape index (κ2) is 32.1. The van der Waals surface area contributed by atoms with Crippen LogP contribution in [-0.2, 0) is 0 Å². The minimum atomic E-state index is 0.560. The van der Waals surface area contributed by atoms with E-state index in [0.717, 1.165) is 191 Å². The summed E-state index contributed by atoms with van der Waals surface area (Å²) < 4.78 is 18.1. The van der Waals surface area contributed by atoms with E-state index in [1.807, 2.05) is 23.5 Å². The minimum absolute atomic E-state index is 0.560. The first-order chi connectivity index (χ1) is 72.4. The monoisotopic (exact) mass is 1870 g/mol. The van der Waals surface area contributed by atoms with Gasteiger partial charge in [-0.3, -0.25) is 9.13 Å². The van der Waals surface area contributed by atoms with Crippen LogP contribution in [0.15, 0.2) is 478 Å². The molecule has 12 heteroatoms. The van der Waals surface area contributed by atoms with E-state index < -0.39 is 0 Å². The molecule has 0 radical (unpaired) electrons. The van der Waals surface area contributed by atoms with Gasteiger partial charge in [0.2, 0.25) is 11.9 Å². The van der Waals surface area contributed by atoms with E-state index in [2.05, 4.69) is 479 Å². The van der Waals surface area contributed by atoms with E-state index in [1.165, 1.54) is 80.0 Å². The first-order valence-corrected chi connectivity index (χ1v) is 50.3. The third-order valence-electron chi connectivity index (χ3n) is 30.3. The number of aromatic nitrogens is 10. The summed E-state index contributed by atoms with van der Waals surface area (Å²) >= 11 is 1.87. The van der Waals surface area contributed by atoms with Gasteiger partial charge in [0.05, 0.1) is 54.5 Å². The van der Waals surface area contributed by atoms with Gasteiger partial charge in [-0.05, 0) is 242 Å². The highest BCUT2D eigenvalue weighted by Gasteiger charge is 2.28. The Labute approximate surface area is 837 Å². The zero-order valence-electron chi connectivity index (χ0n) is 78.3. The average Bonchev–Trinajstić information content (AvgIpc) is 1.43. The van der Waals surface area contributed by atoms with E-state index in [9.17, 15) is 0 Å². The molecule has 0 amide bonds. The molecule has 0 saturated carbocycles. The largest absolute Gasteiger partial charge is 0.456 e. The average molecular weight is 1880 g/mol. The number of para-hydroxylation sites is 5. The van der Waals surface area contributed by atoms with Crippen molar-refractivity contribution in [3.63, 3.8) is 0 Å². The predicted molar refractivity (Wildman–Crippen MR) is 610 cm³/mol. The van der Waals surface area contributed by atoms with Gasteiger partial charge in [-0.15, -0.1) is 11.3 Å². The van der Waals surface area contributed by atoms with Crippen LogP contribution in [0, 0.1) is 0 Å². The zero-order valence-corrected chi connectivity index (χ0v) is 79.1. The number of fused-ring (bicyclic) bond motifs is 30. The maximum Gasteiger partial charge on any atom is 0.238 e. The van der Waals surface area contributed by atoms with Crippen molar-refractivity contribution in [2.45, 2.75) is 0 Å².